The Balaban J connectivity index is 1.40. The van der Waals surface area contributed by atoms with Crippen molar-refractivity contribution in [3.8, 4) is 10.4 Å². The van der Waals surface area contributed by atoms with Gasteiger partial charge in [-0.15, -0.1) is 11.3 Å². The summed E-state index contributed by atoms with van der Waals surface area (Å²) in [6.45, 7) is 5.94. The van der Waals surface area contributed by atoms with E-state index in [1.165, 1.54) is 17.0 Å². The third kappa shape index (κ3) is 4.24. The number of fused-ring (bicyclic) bond motifs is 1. The van der Waals surface area contributed by atoms with Gasteiger partial charge in [0.1, 0.15) is 0 Å². The number of thiophene rings is 1. The van der Waals surface area contributed by atoms with Crippen molar-refractivity contribution in [3.63, 3.8) is 0 Å². The number of piperazine rings is 1. The van der Waals surface area contributed by atoms with Crippen molar-refractivity contribution in [2.75, 3.05) is 43.4 Å². The second-order valence-electron chi connectivity index (χ2n) is 8.27. The minimum atomic E-state index is 0.103. The second kappa shape index (κ2) is 8.73. The first-order valence-corrected chi connectivity index (χ1v) is 11.7. The van der Waals surface area contributed by atoms with Gasteiger partial charge in [-0.2, -0.15) is 0 Å². The molecule has 0 radical (unpaired) electrons. The zero-order valence-electron chi connectivity index (χ0n) is 18.3. The predicted octanol–water partition coefficient (Wildman–Crippen LogP) is 5.66. The minimum Gasteiger partial charge on any atom is -0.369 e. The summed E-state index contributed by atoms with van der Waals surface area (Å²) in [5.74, 6) is 0.103. The molecule has 5 rings (SSSR count). The van der Waals surface area contributed by atoms with Gasteiger partial charge in [-0.1, -0.05) is 6.07 Å². The van der Waals surface area contributed by atoms with Crippen LogP contribution in [0.4, 0.5) is 17.1 Å². The van der Waals surface area contributed by atoms with Crippen LogP contribution in [0.5, 0.6) is 0 Å². The quantitative estimate of drug-likeness (QED) is 0.404. The zero-order chi connectivity index (χ0) is 22.1. The third-order valence-electron chi connectivity index (χ3n) is 5.99. The van der Waals surface area contributed by atoms with Gasteiger partial charge < -0.3 is 15.1 Å². The van der Waals surface area contributed by atoms with Gasteiger partial charge in [-0.05, 0) is 74.1 Å². The Morgan fingerprint density at radius 2 is 1.75 bits per heavy atom. The van der Waals surface area contributed by atoms with E-state index in [1.807, 2.05) is 30.5 Å². The number of nitrogens with one attached hydrogen (secondary N) is 1. The number of carbonyl (C=O) groups excluding carboxylic acids is 1. The van der Waals surface area contributed by atoms with Crippen molar-refractivity contribution in [3.05, 3.63) is 71.7 Å². The second-order valence-corrected chi connectivity index (χ2v) is 9.36. The maximum Gasteiger partial charge on any atom is 0.169 e. The number of hydrogen-bond donors (Lipinski definition) is 1. The van der Waals surface area contributed by atoms with Crippen LogP contribution in [0, 0.1) is 0 Å². The van der Waals surface area contributed by atoms with E-state index in [4.69, 9.17) is 0 Å². The van der Waals surface area contributed by atoms with Crippen LogP contribution < -0.4 is 10.2 Å². The summed E-state index contributed by atoms with van der Waals surface area (Å²) in [5.41, 5.74) is 5.38. The fourth-order valence-electron chi connectivity index (χ4n) is 4.07. The topological polar surface area (TPSA) is 48.5 Å². The summed E-state index contributed by atoms with van der Waals surface area (Å²) in [6.07, 6.45) is 1.84. The third-order valence-corrected chi connectivity index (χ3v) is 7.23. The molecular weight excluding hydrogens is 416 g/mol. The van der Waals surface area contributed by atoms with Gasteiger partial charge in [0.15, 0.2) is 5.78 Å². The van der Waals surface area contributed by atoms with Gasteiger partial charge in [0.25, 0.3) is 0 Å². The number of pyridine rings is 1. The SMILES string of the molecule is CC(=O)c1ccc(-c2ccc3nccc(Nc4ccc(N5CCN(C)CC5)cc4)c3c2)s1. The van der Waals surface area contributed by atoms with Crippen LogP contribution in [0.25, 0.3) is 21.3 Å². The standard InChI is InChI=1S/C26H26N4OS/c1-18(31)25-9-10-26(32-25)19-3-8-23-22(17-19)24(11-12-27-23)28-20-4-6-21(7-5-20)30-15-13-29(2)14-16-30/h3-12,17H,13-16H2,1-2H3,(H,27,28). The summed E-state index contributed by atoms with van der Waals surface area (Å²) in [4.78, 5) is 22.9. The van der Waals surface area contributed by atoms with Crippen molar-refractivity contribution < 1.29 is 4.79 Å². The molecule has 2 aromatic carbocycles. The van der Waals surface area contributed by atoms with Crippen molar-refractivity contribution in [1.29, 1.82) is 0 Å². The molecule has 1 fully saturated rings. The van der Waals surface area contributed by atoms with Crippen molar-refractivity contribution in [2.45, 2.75) is 6.92 Å². The van der Waals surface area contributed by atoms with Crippen LogP contribution in [0.1, 0.15) is 16.6 Å². The first-order chi connectivity index (χ1) is 15.6. The zero-order valence-corrected chi connectivity index (χ0v) is 19.2. The van der Waals surface area contributed by atoms with Gasteiger partial charge in [0.05, 0.1) is 10.4 Å². The molecule has 5 nitrogen and oxygen atoms in total. The molecule has 32 heavy (non-hydrogen) atoms. The van der Waals surface area contributed by atoms with Gasteiger partial charge >= 0.3 is 0 Å². The van der Waals surface area contributed by atoms with E-state index < -0.39 is 0 Å². The van der Waals surface area contributed by atoms with E-state index in [2.05, 4.69) is 63.5 Å². The summed E-state index contributed by atoms with van der Waals surface area (Å²) < 4.78 is 0. The number of hydrogen-bond acceptors (Lipinski definition) is 6. The average molecular weight is 443 g/mol. The highest BCUT2D eigenvalue weighted by Crippen LogP contribution is 2.33. The lowest BCUT2D eigenvalue weighted by Gasteiger charge is -2.34. The molecule has 1 N–H and O–H groups in total. The molecule has 4 aromatic rings. The average Bonchev–Trinajstić information content (AvgIpc) is 3.31. The molecule has 3 heterocycles. The van der Waals surface area contributed by atoms with E-state index in [9.17, 15) is 4.79 Å². The molecule has 1 aliphatic heterocycles. The van der Waals surface area contributed by atoms with Gasteiger partial charge in [0.2, 0.25) is 0 Å². The molecule has 2 aromatic heterocycles. The Morgan fingerprint density at radius 3 is 2.47 bits per heavy atom. The lowest BCUT2D eigenvalue weighted by Crippen LogP contribution is -2.44. The van der Waals surface area contributed by atoms with Gasteiger partial charge in [-0.3, -0.25) is 9.78 Å². The fourth-order valence-corrected chi connectivity index (χ4v) is 4.96. The molecule has 0 aliphatic carbocycles. The number of rotatable bonds is 5. The Hall–Kier alpha value is -3.22. The lowest BCUT2D eigenvalue weighted by atomic mass is 10.1. The molecule has 1 aliphatic rings. The number of anilines is 3. The van der Waals surface area contributed by atoms with Crippen molar-refractivity contribution in [2.24, 2.45) is 0 Å². The molecular formula is C26H26N4OS. The monoisotopic (exact) mass is 442 g/mol. The number of benzene rings is 2. The molecule has 0 saturated carbocycles. The van der Waals surface area contributed by atoms with Gasteiger partial charge in [-0.25, -0.2) is 0 Å². The predicted molar refractivity (Wildman–Crippen MR) is 134 cm³/mol. The van der Waals surface area contributed by atoms with E-state index in [0.29, 0.717) is 0 Å². The molecule has 0 unspecified atom stereocenters. The minimum absolute atomic E-state index is 0.103. The van der Waals surface area contributed by atoms with Crippen molar-refractivity contribution in [1.82, 2.24) is 9.88 Å². The Kier molecular flexibility index (Phi) is 5.64. The molecule has 0 amide bonds. The van der Waals surface area contributed by atoms with Crippen LogP contribution in [-0.2, 0) is 0 Å². The smallest absolute Gasteiger partial charge is 0.169 e. The normalized spacial score (nSPS) is 14.6. The molecule has 0 atom stereocenters. The van der Waals surface area contributed by atoms with Gasteiger partial charge in [0, 0.05) is 59.7 Å². The van der Waals surface area contributed by atoms with Crippen LogP contribution in [-0.4, -0.2) is 48.9 Å². The van der Waals surface area contributed by atoms with E-state index in [-0.39, 0.29) is 5.78 Å². The largest absolute Gasteiger partial charge is 0.369 e. The highest BCUT2D eigenvalue weighted by Gasteiger charge is 2.14. The van der Waals surface area contributed by atoms with E-state index >= 15 is 0 Å². The molecule has 0 bridgehead atoms. The first kappa shape index (κ1) is 20.7. The van der Waals surface area contributed by atoms with E-state index in [0.717, 1.165) is 63.8 Å². The molecule has 162 valence electrons. The maximum absolute atomic E-state index is 11.7. The van der Waals surface area contributed by atoms with Crippen LogP contribution in [0.15, 0.2) is 66.9 Å². The molecule has 6 heteroatoms. The van der Waals surface area contributed by atoms with Crippen LogP contribution in [0.2, 0.25) is 0 Å². The van der Waals surface area contributed by atoms with Crippen molar-refractivity contribution >= 4 is 45.1 Å². The number of Topliss-reactive ketones (excluding diaryl/α,β-unsaturated/α-hetero) is 1. The number of carbonyl (C=O) groups is 1. The highest BCUT2D eigenvalue weighted by molar-refractivity contribution is 7.17. The first-order valence-electron chi connectivity index (χ1n) is 10.9. The summed E-state index contributed by atoms with van der Waals surface area (Å²) in [5, 5.41) is 4.63. The summed E-state index contributed by atoms with van der Waals surface area (Å²) in [6, 6.07) is 20.9. The maximum atomic E-state index is 11.7. The Morgan fingerprint density at radius 1 is 0.969 bits per heavy atom. The highest BCUT2D eigenvalue weighted by atomic mass is 32.1. The number of nitrogens with zero attached hydrogens (tertiary/aromatic N) is 3. The lowest BCUT2D eigenvalue weighted by molar-refractivity contribution is 0.102. The van der Waals surface area contributed by atoms with E-state index in [1.54, 1.807) is 6.92 Å². The van der Waals surface area contributed by atoms with Crippen LogP contribution in [0.3, 0.4) is 0 Å². The molecule has 0 spiro atoms. The summed E-state index contributed by atoms with van der Waals surface area (Å²) >= 11 is 1.53. The molecule has 1 saturated heterocycles. The number of likely N-dealkylation sites (N-methyl/N-ethyl adjacent to an activating group) is 1. The Bertz CT molecular complexity index is 1260. The summed E-state index contributed by atoms with van der Waals surface area (Å²) in [7, 11) is 2.18. The number of ketones is 1. The number of aromatic nitrogens is 1. The van der Waals surface area contributed by atoms with Crippen LogP contribution >= 0.6 is 11.3 Å². The fraction of sp³-hybridized carbons (Fsp3) is 0.231. The Labute approximate surface area is 192 Å².